The molecule has 0 spiro atoms. The van der Waals surface area contributed by atoms with Crippen molar-refractivity contribution in [3.05, 3.63) is 38.7 Å². The predicted molar refractivity (Wildman–Crippen MR) is 58.0 cm³/mol. The Balaban J connectivity index is 3.05. The average Bonchev–Trinajstić information content (AvgIpc) is 2.17. The lowest BCUT2D eigenvalue weighted by Gasteiger charge is -2.00. The maximum atomic E-state index is 11.4. The normalized spacial score (nSPS) is 11.2. The highest BCUT2D eigenvalue weighted by molar-refractivity contribution is 5.90. The van der Waals surface area contributed by atoms with Crippen molar-refractivity contribution in [3.8, 4) is 0 Å². The molecule has 0 unspecified atom stereocenters. The smallest absolute Gasteiger partial charge is 0.331 e. The maximum Gasteiger partial charge on any atom is 0.331 e. The molecular weight excluding hydrogens is 212 g/mol. The molecule has 1 aromatic rings. The van der Waals surface area contributed by atoms with Gasteiger partial charge in [0.2, 0.25) is 0 Å². The minimum absolute atomic E-state index is 0.229. The molecule has 6 nitrogen and oxygen atoms in total. The van der Waals surface area contributed by atoms with Crippen LogP contribution in [-0.2, 0) is 9.53 Å². The summed E-state index contributed by atoms with van der Waals surface area (Å²) in [5, 5.41) is 0. The summed E-state index contributed by atoms with van der Waals surface area (Å²) in [6.45, 7) is 3.54. The standard InChI is InChI=1S/C10H12N2O4/c1-3-16-8(13)4-6(2)7-5-11-10(15)12-9(7)14/h4-5H,3H2,1-2H3,(H2,11,12,14,15)/b6-4+. The molecule has 0 amide bonds. The second-order valence-electron chi connectivity index (χ2n) is 3.06. The Kier molecular flexibility index (Phi) is 3.82. The zero-order valence-electron chi connectivity index (χ0n) is 8.99. The van der Waals surface area contributed by atoms with Gasteiger partial charge in [0.05, 0.1) is 12.2 Å². The summed E-state index contributed by atoms with van der Waals surface area (Å²) in [5.41, 5.74) is -0.469. The van der Waals surface area contributed by atoms with Crippen LogP contribution in [-0.4, -0.2) is 22.5 Å². The van der Waals surface area contributed by atoms with Gasteiger partial charge >= 0.3 is 11.7 Å². The lowest BCUT2D eigenvalue weighted by molar-refractivity contribution is -0.137. The molecule has 0 radical (unpaired) electrons. The van der Waals surface area contributed by atoms with E-state index in [-0.39, 0.29) is 12.2 Å². The van der Waals surface area contributed by atoms with Crippen molar-refractivity contribution in [2.75, 3.05) is 6.61 Å². The molecule has 0 aromatic carbocycles. The Morgan fingerprint density at radius 3 is 2.75 bits per heavy atom. The number of esters is 1. The molecule has 1 heterocycles. The third-order valence-electron chi connectivity index (χ3n) is 1.87. The highest BCUT2D eigenvalue weighted by atomic mass is 16.5. The van der Waals surface area contributed by atoms with Crippen LogP contribution in [0.4, 0.5) is 0 Å². The van der Waals surface area contributed by atoms with Gasteiger partial charge in [0.25, 0.3) is 5.56 Å². The van der Waals surface area contributed by atoms with Gasteiger partial charge in [-0.3, -0.25) is 9.78 Å². The third kappa shape index (κ3) is 2.94. The van der Waals surface area contributed by atoms with Gasteiger partial charge in [-0.1, -0.05) is 0 Å². The summed E-state index contributed by atoms with van der Waals surface area (Å²) in [6.07, 6.45) is 2.46. The van der Waals surface area contributed by atoms with Gasteiger partial charge in [-0.2, -0.15) is 0 Å². The van der Waals surface area contributed by atoms with Crippen LogP contribution in [0.5, 0.6) is 0 Å². The van der Waals surface area contributed by atoms with Gasteiger partial charge in [0, 0.05) is 12.3 Å². The van der Waals surface area contributed by atoms with Crippen LogP contribution in [0.25, 0.3) is 5.57 Å². The minimum Gasteiger partial charge on any atom is -0.463 e. The molecule has 2 N–H and O–H groups in total. The summed E-state index contributed by atoms with van der Waals surface area (Å²) in [7, 11) is 0. The van der Waals surface area contributed by atoms with E-state index in [1.807, 2.05) is 0 Å². The molecule has 0 aliphatic carbocycles. The van der Waals surface area contributed by atoms with Crippen LogP contribution in [0, 0.1) is 0 Å². The van der Waals surface area contributed by atoms with Gasteiger partial charge < -0.3 is 9.72 Å². The SMILES string of the molecule is CCOC(=O)/C=C(\C)c1c[nH]c(=O)[nH]c1=O. The van der Waals surface area contributed by atoms with E-state index in [2.05, 4.69) is 9.97 Å². The van der Waals surface area contributed by atoms with Crippen molar-refractivity contribution in [1.29, 1.82) is 0 Å². The highest BCUT2D eigenvalue weighted by Crippen LogP contribution is 2.06. The Hall–Kier alpha value is -2.11. The second-order valence-corrected chi connectivity index (χ2v) is 3.06. The van der Waals surface area contributed by atoms with Crippen molar-refractivity contribution in [1.82, 2.24) is 9.97 Å². The van der Waals surface area contributed by atoms with Crippen molar-refractivity contribution in [3.63, 3.8) is 0 Å². The van der Waals surface area contributed by atoms with Crippen LogP contribution >= 0.6 is 0 Å². The third-order valence-corrected chi connectivity index (χ3v) is 1.87. The second kappa shape index (κ2) is 5.11. The van der Waals surface area contributed by atoms with Gasteiger partial charge in [-0.25, -0.2) is 9.59 Å². The topological polar surface area (TPSA) is 92.0 Å². The van der Waals surface area contributed by atoms with E-state index in [0.29, 0.717) is 5.57 Å². The molecule has 6 heteroatoms. The van der Waals surface area contributed by atoms with E-state index < -0.39 is 17.2 Å². The van der Waals surface area contributed by atoms with Gasteiger partial charge in [-0.15, -0.1) is 0 Å². The molecule has 86 valence electrons. The lowest BCUT2D eigenvalue weighted by Crippen LogP contribution is -2.24. The average molecular weight is 224 g/mol. The maximum absolute atomic E-state index is 11.4. The number of ether oxygens (including phenoxy) is 1. The largest absolute Gasteiger partial charge is 0.463 e. The molecule has 0 aliphatic heterocycles. The zero-order valence-corrected chi connectivity index (χ0v) is 8.99. The lowest BCUT2D eigenvalue weighted by atomic mass is 10.1. The van der Waals surface area contributed by atoms with Crippen LogP contribution in [0.15, 0.2) is 21.9 Å². The number of H-pyrrole nitrogens is 2. The predicted octanol–water partition coefficient (Wildman–Crippen LogP) is 0.0296. The fourth-order valence-corrected chi connectivity index (χ4v) is 1.14. The molecule has 1 rings (SSSR count). The van der Waals surface area contributed by atoms with Crippen molar-refractivity contribution in [2.45, 2.75) is 13.8 Å². The van der Waals surface area contributed by atoms with Crippen LogP contribution in [0.3, 0.4) is 0 Å². The number of rotatable bonds is 3. The Morgan fingerprint density at radius 2 is 2.19 bits per heavy atom. The molecular formula is C10H12N2O4. The summed E-state index contributed by atoms with van der Waals surface area (Å²) in [4.78, 5) is 37.6. The molecule has 0 fully saturated rings. The van der Waals surface area contributed by atoms with Gasteiger partial charge in [-0.05, 0) is 19.4 Å². The molecule has 0 bridgehead atoms. The first-order chi connectivity index (χ1) is 7.54. The number of aromatic nitrogens is 2. The van der Waals surface area contributed by atoms with Crippen LogP contribution < -0.4 is 11.2 Å². The van der Waals surface area contributed by atoms with Crippen molar-refractivity contribution >= 4 is 11.5 Å². The fourth-order valence-electron chi connectivity index (χ4n) is 1.14. The molecule has 0 aliphatic rings. The summed E-state index contributed by atoms with van der Waals surface area (Å²) in [5.74, 6) is -0.523. The number of nitrogens with one attached hydrogen (secondary N) is 2. The van der Waals surface area contributed by atoms with E-state index in [1.54, 1.807) is 13.8 Å². The molecule has 0 saturated heterocycles. The quantitative estimate of drug-likeness (QED) is 0.559. The first-order valence-electron chi connectivity index (χ1n) is 4.72. The number of aromatic amines is 2. The van der Waals surface area contributed by atoms with Crippen LogP contribution in [0.2, 0.25) is 0 Å². The van der Waals surface area contributed by atoms with Gasteiger partial charge in [0.1, 0.15) is 0 Å². The number of hydrogen-bond donors (Lipinski definition) is 2. The summed E-state index contributed by atoms with van der Waals surface area (Å²) in [6, 6.07) is 0. The van der Waals surface area contributed by atoms with Crippen molar-refractivity contribution < 1.29 is 9.53 Å². The molecule has 0 atom stereocenters. The monoisotopic (exact) mass is 224 g/mol. The summed E-state index contributed by atoms with van der Waals surface area (Å²) >= 11 is 0. The van der Waals surface area contributed by atoms with Crippen LogP contribution in [0.1, 0.15) is 19.4 Å². The molecule has 1 aromatic heterocycles. The number of hydrogen-bond acceptors (Lipinski definition) is 4. The van der Waals surface area contributed by atoms with E-state index in [9.17, 15) is 14.4 Å². The highest BCUT2D eigenvalue weighted by Gasteiger charge is 2.05. The Morgan fingerprint density at radius 1 is 1.50 bits per heavy atom. The summed E-state index contributed by atoms with van der Waals surface area (Å²) < 4.78 is 4.70. The Labute approximate surface area is 91.0 Å². The minimum atomic E-state index is -0.585. The van der Waals surface area contributed by atoms with E-state index in [1.165, 1.54) is 12.3 Å². The number of allylic oxidation sites excluding steroid dienone is 1. The van der Waals surface area contributed by atoms with E-state index in [0.717, 1.165) is 0 Å². The first kappa shape index (κ1) is 12.0. The van der Waals surface area contributed by atoms with Crippen molar-refractivity contribution in [2.24, 2.45) is 0 Å². The molecule has 16 heavy (non-hydrogen) atoms. The van der Waals surface area contributed by atoms with E-state index >= 15 is 0 Å². The first-order valence-corrected chi connectivity index (χ1v) is 4.72. The molecule has 0 saturated carbocycles. The number of carbonyl (C=O) groups excluding carboxylic acids is 1. The van der Waals surface area contributed by atoms with Gasteiger partial charge in [0.15, 0.2) is 0 Å². The zero-order chi connectivity index (χ0) is 12.1. The fraction of sp³-hybridized carbons (Fsp3) is 0.300. The van der Waals surface area contributed by atoms with E-state index in [4.69, 9.17) is 4.74 Å². The number of carbonyl (C=O) groups is 1. The Bertz CT molecular complexity index is 524.